The van der Waals surface area contributed by atoms with Crippen molar-refractivity contribution in [2.75, 3.05) is 18.0 Å². The molecule has 1 aliphatic heterocycles. The maximum atomic E-state index is 12.8. The van der Waals surface area contributed by atoms with Gasteiger partial charge >= 0.3 is 5.97 Å². The van der Waals surface area contributed by atoms with Crippen LogP contribution in [0.3, 0.4) is 0 Å². The van der Waals surface area contributed by atoms with Crippen LogP contribution in [-0.2, 0) is 19.8 Å². The predicted octanol–water partition coefficient (Wildman–Crippen LogP) is 2.15. The summed E-state index contributed by atoms with van der Waals surface area (Å²) in [6, 6.07) is 3.27. The summed E-state index contributed by atoms with van der Waals surface area (Å²) >= 11 is 3.31. The largest absolute Gasteiger partial charge is 0.506 e. The molecular formula is C18H21BrN2O5. The van der Waals surface area contributed by atoms with Crippen molar-refractivity contribution in [1.29, 1.82) is 0 Å². The smallest absolute Gasteiger partial charge is 0.303 e. The lowest BCUT2D eigenvalue weighted by atomic mass is 9.86. The Labute approximate surface area is 159 Å². The van der Waals surface area contributed by atoms with Crippen LogP contribution >= 0.6 is 15.9 Å². The van der Waals surface area contributed by atoms with Crippen LogP contribution in [0.2, 0.25) is 0 Å². The van der Waals surface area contributed by atoms with E-state index >= 15 is 0 Å². The highest BCUT2D eigenvalue weighted by Gasteiger charge is 2.47. The molecule has 0 unspecified atom stereocenters. The number of benzene rings is 1. The van der Waals surface area contributed by atoms with Crippen molar-refractivity contribution < 1.29 is 24.6 Å². The lowest BCUT2D eigenvalue weighted by Gasteiger charge is -2.21. The number of carbonyl (C=O) groups is 3. The number of phenolic OH excluding ortho intramolecular Hbond substituents is 1. The number of carboxylic acids is 1. The molecule has 1 fully saturated rings. The topological polar surface area (TPSA) is 107 Å². The average molecular weight is 425 g/mol. The number of nitrogens with zero attached hydrogens (tertiary/aromatic N) is 1. The van der Waals surface area contributed by atoms with Crippen molar-refractivity contribution in [3.63, 3.8) is 0 Å². The van der Waals surface area contributed by atoms with Crippen LogP contribution < -0.4 is 10.2 Å². The van der Waals surface area contributed by atoms with Gasteiger partial charge in [-0.1, -0.05) is 15.9 Å². The maximum Gasteiger partial charge on any atom is 0.303 e. The Morgan fingerprint density at radius 2 is 1.96 bits per heavy atom. The summed E-state index contributed by atoms with van der Waals surface area (Å²) in [4.78, 5) is 37.3. The number of hydrogen-bond acceptors (Lipinski definition) is 4. The highest BCUT2D eigenvalue weighted by Crippen LogP contribution is 2.49. The summed E-state index contributed by atoms with van der Waals surface area (Å²) in [5.74, 6) is -1.58. The molecule has 3 N–H and O–H groups in total. The molecule has 0 atom stereocenters. The third-order valence-corrected chi connectivity index (χ3v) is 5.68. The normalized spacial score (nSPS) is 19.2. The molecule has 26 heavy (non-hydrogen) atoms. The van der Waals surface area contributed by atoms with E-state index in [0.717, 1.165) is 12.8 Å². The lowest BCUT2D eigenvalue weighted by Crippen LogP contribution is -2.44. The highest BCUT2D eigenvalue weighted by molar-refractivity contribution is 9.10. The Morgan fingerprint density at radius 3 is 2.54 bits per heavy atom. The lowest BCUT2D eigenvalue weighted by molar-refractivity contribution is -0.138. The Balaban J connectivity index is 1.74. The van der Waals surface area contributed by atoms with Crippen LogP contribution in [0.25, 0.3) is 0 Å². The van der Waals surface area contributed by atoms with E-state index in [4.69, 9.17) is 5.11 Å². The van der Waals surface area contributed by atoms with Gasteiger partial charge in [0.1, 0.15) is 12.3 Å². The molecule has 0 bridgehead atoms. The second kappa shape index (κ2) is 6.26. The van der Waals surface area contributed by atoms with Crippen LogP contribution in [-0.4, -0.2) is 41.1 Å². The zero-order valence-electron chi connectivity index (χ0n) is 14.6. The van der Waals surface area contributed by atoms with E-state index < -0.39 is 11.4 Å². The van der Waals surface area contributed by atoms with E-state index in [2.05, 4.69) is 21.2 Å². The van der Waals surface area contributed by atoms with Gasteiger partial charge in [0.15, 0.2) is 0 Å². The van der Waals surface area contributed by atoms with Crippen molar-refractivity contribution in [2.24, 2.45) is 5.41 Å². The Bertz CT molecular complexity index is 801. The molecule has 2 amide bonds. The van der Waals surface area contributed by atoms with E-state index in [1.807, 2.05) is 0 Å². The van der Waals surface area contributed by atoms with Gasteiger partial charge in [-0.15, -0.1) is 0 Å². The number of fused-ring (bicyclic) bond motifs is 1. The summed E-state index contributed by atoms with van der Waals surface area (Å²) in [6.07, 6.45) is 1.57. The minimum absolute atomic E-state index is 0.0284. The molecule has 1 aliphatic carbocycles. The number of rotatable bonds is 6. The zero-order valence-corrected chi connectivity index (χ0v) is 16.2. The molecule has 1 aromatic rings. The Kier molecular flexibility index (Phi) is 4.50. The van der Waals surface area contributed by atoms with E-state index in [-0.39, 0.29) is 42.5 Å². The molecule has 1 saturated carbocycles. The van der Waals surface area contributed by atoms with Gasteiger partial charge in [0.05, 0.1) is 17.5 Å². The number of anilines is 1. The zero-order chi connectivity index (χ0) is 19.3. The fourth-order valence-electron chi connectivity index (χ4n) is 3.45. The standard InChI is InChI=1S/C18H21BrN2O5/c1-17(2)11-5-10(19)6-12(22)15(11)21(16(17)26)8-13(23)20-9-18(3-4-18)7-14(24)25/h5-6,22H,3-4,7-9H2,1-2H3,(H,20,23)(H,24,25). The molecule has 8 heteroatoms. The number of carbonyl (C=O) groups excluding carboxylic acids is 2. The molecule has 0 saturated heterocycles. The first kappa shape index (κ1) is 18.7. The number of aliphatic carboxylic acids is 1. The fraction of sp³-hybridized carbons (Fsp3) is 0.500. The molecule has 2 aliphatic rings. The second-order valence-corrected chi connectivity index (χ2v) is 8.60. The fourth-order valence-corrected chi connectivity index (χ4v) is 3.89. The van der Waals surface area contributed by atoms with Crippen LogP contribution in [0, 0.1) is 5.41 Å². The molecule has 0 radical (unpaired) electrons. The molecular weight excluding hydrogens is 404 g/mol. The Hall–Kier alpha value is -2.09. The van der Waals surface area contributed by atoms with Gasteiger partial charge in [0, 0.05) is 11.0 Å². The summed E-state index contributed by atoms with van der Waals surface area (Å²) in [7, 11) is 0. The number of amides is 2. The number of carboxylic acid groups (broad SMARTS) is 1. The number of phenols is 1. The maximum absolute atomic E-state index is 12.8. The summed E-state index contributed by atoms with van der Waals surface area (Å²) in [5, 5.41) is 22.0. The van der Waals surface area contributed by atoms with Gasteiger partial charge in [-0.3, -0.25) is 19.3 Å². The molecule has 3 rings (SSSR count). The van der Waals surface area contributed by atoms with Crippen LogP contribution in [0.5, 0.6) is 5.75 Å². The first-order chi connectivity index (χ1) is 12.1. The third kappa shape index (κ3) is 3.30. The molecule has 1 aromatic carbocycles. The summed E-state index contributed by atoms with van der Waals surface area (Å²) in [6.45, 7) is 3.57. The van der Waals surface area contributed by atoms with Gasteiger partial charge in [-0.25, -0.2) is 0 Å². The van der Waals surface area contributed by atoms with Gasteiger partial charge in [0.2, 0.25) is 11.8 Å². The van der Waals surface area contributed by atoms with Gasteiger partial charge in [-0.05, 0) is 49.8 Å². The number of nitrogens with one attached hydrogen (secondary N) is 1. The van der Waals surface area contributed by atoms with Crippen molar-refractivity contribution in [2.45, 2.75) is 38.5 Å². The quantitative estimate of drug-likeness (QED) is 0.648. The molecule has 0 aromatic heterocycles. The SMILES string of the molecule is CC1(C)C(=O)N(CC(=O)NCC2(CC(=O)O)CC2)c2c(O)cc(Br)cc21. The molecule has 7 nitrogen and oxygen atoms in total. The highest BCUT2D eigenvalue weighted by atomic mass is 79.9. The number of halogens is 1. The van der Waals surface area contributed by atoms with E-state index in [1.54, 1.807) is 19.9 Å². The van der Waals surface area contributed by atoms with E-state index in [1.165, 1.54) is 11.0 Å². The molecule has 140 valence electrons. The van der Waals surface area contributed by atoms with Crippen molar-refractivity contribution in [1.82, 2.24) is 5.32 Å². The average Bonchev–Trinajstić information content (AvgIpc) is 3.25. The van der Waals surface area contributed by atoms with Crippen molar-refractivity contribution in [3.8, 4) is 5.75 Å². The van der Waals surface area contributed by atoms with Crippen molar-refractivity contribution in [3.05, 3.63) is 22.2 Å². The summed E-state index contributed by atoms with van der Waals surface area (Å²) < 4.78 is 0.658. The van der Waals surface area contributed by atoms with E-state index in [0.29, 0.717) is 15.7 Å². The molecule has 1 heterocycles. The van der Waals surface area contributed by atoms with Gasteiger partial charge in [-0.2, -0.15) is 0 Å². The number of hydrogen-bond donors (Lipinski definition) is 3. The Morgan fingerprint density at radius 1 is 1.31 bits per heavy atom. The van der Waals surface area contributed by atoms with Gasteiger partial charge in [0.25, 0.3) is 0 Å². The second-order valence-electron chi connectivity index (χ2n) is 7.68. The first-order valence-electron chi connectivity index (χ1n) is 8.39. The van der Waals surface area contributed by atoms with Crippen LogP contribution in [0.4, 0.5) is 5.69 Å². The minimum Gasteiger partial charge on any atom is -0.506 e. The summed E-state index contributed by atoms with van der Waals surface area (Å²) in [5.41, 5.74) is -0.199. The monoisotopic (exact) mass is 424 g/mol. The minimum atomic E-state index is -0.877. The third-order valence-electron chi connectivity index (χ3n) is 5.22. The first-order valence-corrected chi connectivity index (χ1v) is 9.18. The van der Waals surface area contributed by atoms with Crippen molar-refractivity contribution >= 4 is 39.4 Å². The van der Waals surface area contributed by atoms with E-state index in [9.17, 15) is 19.5 Å². The van der Waals surface area contributed by atoms with Gasteiger partial charge < -0.3 is 15.5 Å². The van der Waals surface area contributed by atoms with Crippen LogP contribution in [0.15, 0.2) is 16.6 Å². The molecule has 0 spiro atoms. The number of aromatic hydroxyl groups is 1. The van der Waals surface area contributed by atoms with Crippen LogP contribution in [0.1, 0.15) is 38.7 Å². The predicted molar refractivity (Wildman–Crippen MR) is 98.1 cm³/mol.